The molecule has 0 amide bonds. The lowest BCUT2D eigenvalue weighted by Gasteiger charge is -2.64. The Hall–Kier alpha value is -1.44. The molecule has 4 bridgehead atoms. The van der Waals surface area contributed by atoms with Crippen LogP contribution in [0.1, 0.15) is 45.6 Å². The summed E-state index contributed by atoms with van der Waals surface area (Å²) in [5.74, 6) is -2.01. The normalized spacial score (nSPS) is 45.2. The quantitative estimate of drug-likeness (QED) is 0.542. The number of carbonyl (C=O) groups is 1. The number of carbonyl (C=O) groups excluding carboxylic acids is 1. The maximum absolute atomic E-state index is 12.9. The fourth-order valence-corrected chi connectivity index (χ4v) is 6.52. The van der Waals surface area contributed by atoms with E-state index in [9.17, 15) is 15.0 Å². The van der Waals surface area contributed by atoms with Crippen molar-refractivity contribution in [2.75, 3.05) is 6.61 Å². The van der Waals surface area contributed by atoms with Crippen LogP contribution in [-0.4, -0.2) is 46.6 Å². The molecule has 1 aromatic rings. The van der Waals surface area contributed by atoms with Crippen LogP contribution in [-0.2, 0) is 25.4 Å². The van der Waals surface area contributed by atoms with Crippen LogP contribution in [0.25, 0.3) is 0 Å². The number of rotatable bonds is 4. The van der Waals surface area contributed by atoms with Crippen molar-refractivity contribution in [3.05, 3.63) is 46.5 Å². The molecule has 0 radical (unpaired) electrons. The Bertz CT molecular complexity index is 959. The Kier molecular flexibility index (Phi) is 4.68. The van der Waals surface area contributed by atoms with Crippen molar-refractivity contribution < 1.29 is 29.2 Å². The van der Waals surface area contributed by atoms with E-state index in [1.807, 2.05) is 25.1 Å². The van der Waals surface area contributed by atoms with Gasteiger partial charge in [-0.3, -0.25) is 4.79 Å². The molecule has 3 aliphatic heterocycles. The molecule has 3 saturated heterocycles. The molecule has 4 fully saturated rings. The maximum atomic E-state index is 12.9. The molecule has 5 aliphatic rings. The summed E-state index contributed by atoms with van der Waals surface area (Å²) in [5.41, 5.74) is -1.03. The molecule has 31 heavy (non-hydrogen) atoms. The summed E-state index contributed by atoms with van der Waals surface area (Å²) >= 11 is 6.04. The molecule has 6 nitrogen and oxygen atoms in total. The number of hydrogen-bond acceptors (Lipinski definition) is 6. The highest BCUT2D eigenvalue weighted by Crippen LogP contribution is 2.71. The highest BCUT2D eigenvalue weighted by atomic mass is 35.5. The fraction of sp³-hybridized carbons (Fsp3) is 0.625. The standard InChI is InChI=1S/C24H29ClO6/c1-14-7-9-17-21(2)13-29-20-19(23(14,17)12-24(28,31-20)22(21,3)27)30-18(26)10-8-15-5-4-6-16(25)11-15/h4-6,9,11,14,19-20,27-28H,7-8,10,12-13H2,1-3H3/t14-,19+,20?,21-,22-,23+,24-/m1/s1. The van der Waals surface area contributed by atoms with Gasteiger partial charge >= 0.3 is 5.97 Å². The smallest absolute Gasteiger partial charge is 0.306 e. The first-order valence-electron chi connectivity index (χ1n) is 10.9. The van der Waals surface area contributed by atoms with Crippen LogP contribution >= 0.6 is 11.6 Å². The minimum absolute atomic E-state index is 0.114. The highest BCUT2D eigenvalue weighted by Gasteiger charge is 2.78. The average Bonchev–Trinajstić information content (AvgIpc) is 2.97. The molecule has 7 atom stereocenters. The monoisotopic (exact) mass is 448 g/mol. The van der Waals surface area contributed by atoms with Crippen molar-refractivity contribution in [1.29, 1.82) is 0 Å². The minimum atomic E-state index is -1.78. The number of esters is 1. The summed E-state index contributed by atoms with van der Waals surface area (Å²) in [4.78, 5) is 12.9. The summed E-state index contributed by atoms with van der Waals surface area (Å²) in [6.45, 7) is 5.81. The fourth-order valence-electron chi connectivity index (χ4n) is 6.31. The summed E-state index contributed by atoms with van der Waals surface area (Å²) < 4.78 is 18.0. The first kappa shape index (κ1) is 21.4. The van der Waals surface area contributed by atoms with E-state index in [0.29, 0.717) is 11.4 Å². The van der Waals surface area contributed by atoms with E-state index in [1.165, 1.54) is 0 Å². The molecule has 168 valence electrons. The summed E-state index contributed by atoms with van der Waals surface area (Å²) in [6, 6.07) is 7.42. The summed E-state index contributed by atoms with van der Waals surface area (Å²) in [7, 11) is 0. The first-order valence-corrected chi connectivity index (χ1v) is 11.3. The van der Waals surface area contributed by atoms with Gasteiger partial charge < -0.3 is 24.4 Å². The van der Waals surface area contributed by atoms with Gasteiger partial charge in [0.1, 0.15) is 5.60 Å². The van der Waals surface area contributed by atoms with Gasteiger partial charge in [0.05, 0.1) is 6.61 Å². The second kappa shape index (κ2) is 6.78. The van der Waals surface area contributed by atoms with Gasteiger partial charge in [-0.2, -0.15) is 0 Å². The Morgan fingerprint density at radius 3 is 2.84 bits per heavy atom. The predicted molar refractivity (Wildman–Crippen MR) is 113 cm³/mol. The van der Waals surface area contributed by atoms with Gasteiger partial charge in [0.15, 0.2) is 18.2 Å². The van der Waals surface area contributed by atoms with Crippen molar-refractivity contribution in [2.24, 2.45) is 16.7 Å². The lowest BCUT2D eigenvalue weighted by Crippen LogP contribution is -2.75. The van der Waals surface area contributed by atoms with Crippen LogP contribution in [0.4, 0.5) is 0 Å². The van der Waals surface area contributed by atoms with Crippen molar-refractivity contribution >= 4 is 17.6 Å². The molecule has 6 rings (SSSR count). The summed E-state index contributed by atoms with van der Waals surface area (Å²) in [6.07, 6.45) is 2.20. The number of benzene rings is 1. The van der Waals surface area contributed by atoms with Gasteiger partial charge in [-0.15, -0.1) is 0 Å². The average molecular weight is 449 g/mol. The van der Waals surface area contributed by atoms with E-state index >= 15 is 0 Å². The largest absolute Gasteiger partial charge is 0.456 e. The topological polar surface area (TPSA) is 85.2 Å². The first-order chi connectivity index (χ1) is 14.5. The van der Waals surface area contributed by atoms with Crippen LogP contribution < -0.4 is 0 Å². The van der Waals surface area contributed by atoms with Crippen LogP contribution in [0, 0.1) is 16.7 Å². The Morgan fingerprint density at radius 1 is 1.32 bits per heavy atom. The van der Waals surface area contributed by atoms with Gasteiger partial charge in [-0.25, -0.2) is 0 Å². The predicted octanol–water partition coefficient (Wildman–Crippen LogP) is 3.37. The van der Waals surface area contributed by atoms with Crippen LogP contribution in [0.3, 0.4) is 0 Å². The summed E-state index contributed by atoms with van der Waals surface area (Å²) in [5, 5.41) is 23.5. The van der Waals surface area contributed by atoms with Gasteiger partial charge in [0, 0.05) is 28.7 Å². The lowest BCUT2D eigenvalue weighted by molar-refractivity contribution is -0.407. The van der Waals surface area contributed by atoms with E-state index in [-0.39, 0.29) is 31.3 Å². The van der Waals surface area contributed by atoms with Crippen molar-refractivity contribution in [3.63, 3.8) is 0 Å². The number of aliphatic hydroxyl groups is 2. The molecule has 3 heterocycles. The zero-order valence-electron chi connectivity index (χ0n) is 18.1. The molecule has 1 saturated carbocycles. The third-order valence-corrected chi connectivity index (χ3v) is 8.62. The van der Waals surface area contributed by atoms with E-state index in [1.54, 1.807) is 13.0 Å². The number of aryl methyl sites for hydroxylation is 1. The molecule has 1 spiro atoms. The Balaban J connectivity index is 1.45. The van der Waals surface area contributed by atoms with Crippen LogP contribution in [0.15, 0.2) is 35.9 Å². The van der Waals surface area contributed by atoms with Gasteiger partial charge in [-0.05, 0) is 43.4 Å². The minimum Gasteiger partial charge on any atom is -0.456 e. The SMILES string of the molecule is C[C@@H]1CC=C2[C@]13C[C@@]1(O)OC(OC[C@@]2(C)[C@@]1(C)O)[C@@H]3OC(=O)CCc1cccc(Cl)c1. The third-order valence-electron chi connectivity index (χ3n) is 8.39. The van der Waals surface area contributed by atoms with E-state index in [4.69, 9.17) is 25.8 Å². The highest BCUT2D eigenvalue weighted by molar-refractivity contribution is 6.30. The van der Waals surface area contributed by atoms with Crippen molar-refractivity contribution in [3.8, 4) is 0 Å². The number of ether oxygens (including phenoxy) is 3. The third kappa shape index (κ3) is 2.75. The Morgan fingerprint density at radius 2 is 2.10 bits per heavy atom. The Labute approximate surface area is 187 Å². The molecule has 2 N–H and O–H groups in total. The number of halogens is 1. The zero-order valence-corrected chi connectivity index (χ0v) is 18.8. The molecule has 7 heteroatoms. The number of fused-ring (bicyclic) bond motifs is 1. The van der Waals surface area contributed by atoms with E-state index in [0.717, 1.165) is 17.6 Å². The maximum Gasteiger partial charge on any atom is 0.306 e. The van der Waals surface area contributed by atoms with Gasteiger partial charge in [0.25, 0.3) is 0 Å². The molecule has 1 unspecified atom stereocenters. The molecule has 0 aromatic heterocycles. The van der Waals surface area contributed by atoms with Crippen molar-refractivity contribution in [2.45, 2.75) is 70.2 Å². The molecular weight excluding hydrogens is 420 g/mol. The molecule has 1 aromatic carbocycles. The molecule has 2 aliphatic carbocycles. The van der Waals surface area contributed by atoms with Gasteiger partial charge in [0.2, 0.25) is 0 Å². The number of allylic oxidation sites excluding steroid dienone is 1. The molecular formula is C24H29ClO6. The van der Waals surface area contributed by atoms with Gasteiger partial charge in [-0.1, -0.05) is 49.2 Å². The van der Waals surface area contributed by atoms with E-state index in [2.05, 4.69) is 13.0 Å². The van der Waals surface area contributed by atoms with Crippen molar-refractivity contribution in [1.82, 2.24) is 0 Å². The number of hydrogen-bond donors (Lipinski definition) is 2. The van der Waals surface area contributed by atoms with E-state index < -0.39 is 34.6 Å². The van der Waals surface area contributed by atoms with Crippen LogP contribution in [0.5, 0.6) is 0 Å². The van der Waals surface area contributed by atoms with Crippen LogP contribution in [0.2, 0.25) is 5.02 Å². The second-order valence-electron chi connectivity index (χ2n) is 10.00. The zero-order chi connectivity index (χ0) is 22.2. The lowest BCUT2D eigenvalue weighted by atomic mass is 9.48. The second-order valence-corrected chi connectivity index (χ2v) is 10.4.